The van der Waals surface area contributed by atoms with Crippen LogP contribution in [-0.2, 0) is 9.57 Å². The largest absolute Gasteiger partial charge is 0.444 e. The molecule has 0 aromatic heterocycles. The number of carbonyl (C=O) groups excluding carboxylic acids is 1. The van der Waals surface area contributed by atoms with E-state index in [-0.39, 0.29) is 6.09 Å². The van der Waals surface area contributed by atoms with E-state index >= 15 is 0 Å². The third-order valence-electron chi connectivity index (χ3n) is 3.73. The van der Waals surface area contributed by atoms with Gasteiger partial charge in [0.2, 0.25) is 0 Å². The normalized spacial score (nSPS) is 25.5. The molecule has 2 heterocycles. The van der Waals surface area contributed by atoms with Gasteiger partial charge in [-0.15, -0.1) is 0 Å². The fourth-order valence-corrected chi connectivity index (χ4v) is 2.72. The highest BCUT2D eigenvalue weighted by Crippen LogP contribution is 2.31. The number of ether oxygens (including phenoxy) is 1. The molecule has 2 rings (SSSR count). The number of hydroxylamine groups is 2. The molecule has 0 aliphatic carbocycles. The molecule has 0 aromatic rings. The maximum atomic E-state index is 11.8. The van der Waals surface area contributed by atoms with Crippen LogP contribution >= 0.6 is 0 Å². The van der Waals surface area contributed by atoms with Gasteiger partial charge in [-0.3, -0.25) is 4.84 Å². The third-order valence-corrected chi connectivity index (χ3v) is 3.73. The molecule has 2 saturated heterocycles. The minimum Gasteiger partial charge on any atom is -0.444 e. The van der Waals surface area contributed by atoms with Gasteiger partial charge in [0.25, 0.3) is 0 Å². The first kappa shape index (κ1) is 14.6. The minimum atomic E-state index is -0.401. The van der Waals surface area contributed by atoms with Gasteiger partial charge in [0.15, 0.2) is 0 Å². The molecule has 2 aliphatic rings. The summed E-state index contributed by atoms with van der Waals surface area (Å²) in [7, 11) is 0. The van der Waals surface area contributed by atoms with Crippen molar-refractivity contribution in [2.24, 2.45) is 11.8 Å². The molecule has 5 nitrogen and oxygen atoms in total. The lowest BCUT2D eigenvalue weighted by molar-refractivity contribution is -0.142. The van der Waals surface area contributed by atoms with Crippen LogP contribution < -0.4 is 0 Å². The Bertz CT molecular complexity index is 321. The zero-order valence-corrected chi connectivity index (χ0v) is 12.5. The van der Waals surface area contributed by atoms with E-state index in [0.717, 1.165) is 32.8 Å². The quantitative estimate of drug-likeness (QED) is 0.788. The van der Waals surface area contributed by atoms with E-state index in [1.54, 1.807) is 4.90 Å². The van der Waals surface area contributed by atoms with Gasteiger partial charge in [0.05, 0.1) is 6.61 Å². The van der Waals surface area contributed by atoms with E-state index < -0.39 is 5.60 Å². The number of hydrogen-bond donors (Lipinski definition) is 0. The van der Waals surface area contributed by atoms with Gasteiger partial charge in [0, 0.05) is 26.2 Å². The molecular formula is C14H26N2O3. The van der Waals surface area contributed by atoms with Gasteiger partial charge >= 0.3 is 6.09 Å². The number of rotatable bonds is 3. The topological polar surface area (TPSA) is 42.0 Å². The first-order chi connectivity index (χ1) is 8.89. The van der Waals surface area contributed by atoms with Gasteiger partial charge in [-0.2, -0.15) is 5.06 Å². The zero-order chi connectivity index (χ0) is 14.0. The van der Waals surface area contributed by atoms with Gasteiger partial charge in [0.1, 0.15) is 5.60 Å². The summed E-state index contributed by atoms with van der Waals surface area (Å²) in [6, 6.07) is 0. The number of likely N-dealkylation sites (tertiary alicyclic amines) is 1. The Hall–Kier alpha value is -0.810. The minimum absolute atomic E-state index is 0.177. The fraction of sp³-hybridized carbons (Fsp3) is 0.929. The standard InChI is InChI=1S/C14H26N2O3/c1-5-18-16-7-6-11(10-16)12-8-15(9-12)13(17)19-14(2,3)4/h11-12H,5-10H2,1-4H3. The highest BCUT2D eigenvalue weighted by atomic mass is 16.7. The predicted octanol–water partition coefficient (Wildman–Crippen LogP) is 2.13. The fourth-order valence-electron chi connectivity index (χ4n) is 2.72. The highest BCUT2D eigenvalue weighted by molar-refractivity contribution is 5.69. The van der Waals surface area contributed by atoms with Crippen LogP contribution in [-0.4, -0.2) is 54.4 Å². The van der Waals surface area contributed by atoms with Crippen molar-refractivity contribution in [3.8, 4) is 0 Å². The second-order valence-corrected chi connectivity index (χ2v) is 6.50. The Kier molecular flexibility index (Phi) is 4.36. The molecule has 2 fully saturated rings. The molecule has 1 atom stereocenters. The van der Waals surface area contributed by atoms with Crippen molar-refractivity contribution in [1.82, 2.24) is 9.96 Å². The highest BCUT2D eigenvalue weighted by Gasteiger charge is 2.40. The Morgan fingerprint density at radius 1 is 1.21 bits per heavy atom. The SMILES string of the molecule is CCON1CCC(C2CN(C(=O)OC(C)(C)C)C2)C1. The van der Waals surface area contributed by atoms with Crippen molar-refractivity contribution in [3.05, 3.63) is 0 Å². The summed E-state index contributed by atoms with van der Waals surface area (Å²) in [6.07, 6.45) is 0.996. The summed E-state index contributed by atoms with van der Waals surface area (Å²) < 4.78 is 5.36. The molecule has 5 heteroatoms. The second-order valence-electron chi connectivity index (χ2n) is 6.50. The van der Waals surface area contributed by atoms with E-state index in [4.69, 9.17) is 9.57 Å². The van der Waals surface area contributed by atoms with Crippen molar-refractivity contribution in [2.75, 3.05) is 32.8 Å². The Balaban J connectivity index is 1.70. The van der Waals surface area contributed by atoms with Crippen molar-refractivity contribution in [3.63, 3.8) is 0 Å². The monoisotopic (exact) mass is 270 g/mol. The summed E-state index contributed by atoms with van der Waals surface area (Å²) in [4.78, 5) is 19.2. The zero-order valence-electron chi connectivity index (χ0n) is 12.5. The predicted molar refractivity (Wildman–Crippen MR) is 72.6 cm³/mol. The number of amides is 1. The average molecular weight is 270 g/mol. The summed E-state index contributed by atoms with van der Waals surface area (Å²) >= 11 is 0. The van der Waals surface area contributed by atoms with Gasteiger partial charge < -0.3 is 9.64 Å². The lowest BCUT2D eigenvalue weighted by Crippen LogP contribution is -2.54. The second kappa shape index (κ2) is 5.67. The molecule has 110 valence electrons. The van der Waals surface area contributed by atoms with E-state index in [2.05, 4.69) is 5.06 Å². The Morgan fingerprint density at radius 2 is 1.89 bits per heavy atom. The van der Waals surface area contributed by atoms with Crippen molar-refractivity contribution in [1.29, 1.82) is 0 Å². The molecule has 1 unspecified atom stereocenters. The van der Waals surface area contributed by atoms with Crippen molar-refractivity contribution in [2.45, 2.75) is 39.7 Å². The van der Waals surface area contributed by atoms with Crippen LogP contribution in [0.5, 0.6) is 0 Å². The summed E-state index contributed by atoms with van der Waals surface area (Å²) in [5, 5.41) is 2.06. The first-order valence-corrected chi connectivity index (χ1v) is 7.25. The van der Waals surface area contributed by atoms with Gasteiger partial charge in [-0.25, -0.2) is 4.79 Å². The van der Waals surface area contributed by atoms with Crippen molar-refractivity contribution < 1.29 is 14.4 Å². The van der Waals surface area contributed by atoms with E-state index in [0.29, 0.717) is 11.8 Å². The number of carbonyl (C=O) groups is 1. The summed E-state index contributed by atoms with van der Waals surface area (Å²) in [5.74, 6) is 1.27. The number of nitrogens with zero attached hydrogens (tertiary/aromatic N) is 2. The van der Waals surface area contributed by atoms with Crippen LogP contribution in [0.1, 0.15) is 34.1 Å². The summed E-state index contributed by atoms with van der Waals surface area (Å²) in [6.45, 7) is 12.1. The van der Waals surface area contributed by atoms with Crippen LogP contribution in [0.3, 0.4) is 0 Å². The molecule has 0 aromatic carbocycles. The van der Waals surface area contributed by atoms with E-state index in [1.807, 2.05) is 27.7 Å². The molecule has 0 bridgehead atoms. The van der Waals surface area contributed by atoms with Gasteiger partial charge in [-0.1, -0.05) is 0 Å². The Morgan fingerprint density at radius 3 is 2.47 bits per heavy atom. The lowest BCUT2D eigenvalue weighted by atomic mass is 9.85. The van der Waals surface area contributed by atoms with Crippen molar-refractivity contribution >= 4 is 6.09 Å². The molecule has 0 radical (unpaired) electrons. The van der Waals surface area contributed by atoms with Gasteiger partial charge in [-0.05, 0) is 46.0 Å². The summed E-state index contributed by atoms with van der Waals surface area (Å²) in [5.41, 5.74) is -0.401. The maximum absolute atomic E-state index is 11.8. The van der Waals surface area contributed by atoms with E-state index in [1.165, 1.54) is 6.42 Å². The maximum Gasteiger partial charge on any atom is 0.410 e. The lowest BCUT2D eigenvalue weighted by Gasteiger charge is -2.42. The average Bonchev–Trinajstić information content (AvgIpc) is 2.61. The van der Waals surface area contributed by atoms with Crippen LogP contribution in [0.25, 0.3) is 0 Å². The molecule has 1 amide bonds. The third kappa shape index (κ3) is 3.83. The first-order valence-electron chi connectivity index (χ1n) is 7.25. The molecule has 0 spiro atoms. The molecule has 2 aliphatic heterocycles. The smallest absolute Gasteiger partial charge is 0.410 e. The molecule has 0 N–H and O–H groups in total. The van der Waals surface area contributed by atoms with Crippen LogP contribution in [0.2, 0.25) is 0 Å². The van der Waals surface area contributed by atoms with E-state index in [9.17, 15) is 4.79 Å². The molecular weight excluding hydrogens is 244 g/mol. The van der Waals surface area contributed by atoms with Crippen LogP contribution in [0.4, 0.5) is 4.79 Å². The van der Waals surface area contributed by atoms with Crippen LogP contribution in [0, 0.1) is 11.8 Å². The Labute approximate surface area is 115 Å². The molecule has 0 saturated carbocycles. The van der Waals surface area contributed by atoms with Crippen LogP contribution in [0.15, 0.2) is 0 Å². The molecule has 19 heavy (non-hydrogen) atoms. The number of hydrogen-bond acceptors (Lipinski definition) is 4.